The number of hydrogen-bond donors (Lipinski definition) is 0. The molecule has 1 amide bonds. The number of likely N-dealkylation sites (tertiary alicyclic amines) is 1. The molecule has 1 aliphatic heterocycles. The van der Waals surface area contributed by atoms with Crippen LogP contribution in [0.25, 0.3) is 5.65 Å². The molecule has 7 heteroatoms. The van der Waals surface area contributed by atoms with Gasteiger partial charge >= 0.3 is 5.97 Å². The highest BCUT2D eigenvalue weighted by Crippen LogP contribution is 2.31. The summed E-state index contributed by atoms with van der Waals surface area (Å²) in [6.07, 6.45) is 3.18. The van der Waals surface area contributed by atoms with Crippen LogP contribution in [0.2, 0.25) is 0 Å². The van der Waals surface area contributed by atoms with Crippen LogP contribution in [0.3, 0.4) is 0 Å². The molecule has 3 heterocycles. The third-order valence-electron chi connectivity index (χ3n) is 6.21. The van der Waals surface area contributed by atoms with Crippen LogP contribution in [0, 0.1) is 18.7 Å². The van der Waals surface area contributed by atoms with Crippen molar-refractivity contribution in [3.8, 4) is 0 Å². The average molecular weight is 438 g/mol. The minimum absolute atomic E-state index is 0.00916. The van der Waals surface area contributed by atoms with E-state index < -0.39 is 0 Å². The van der Waals surface area contributed by atoms with Gasteiger partial charge in [-0.15, -0.1) is 0 Å². The van der Waals surface area contributed by atoms with E-state index in [1.54, 1.807) is 24.1 Å². The van der Waals surface area contributed by atoms with Crippen molar-refractivity contribution in [2.45, 2.75) is 39.0 Å². The molecule has 168 valence electrons. The third-order valence-corrected chi connectivity index (χ3v) is 6.21. The van der Waals surface area contributed by atoms with Gasteiger partial charge in [-0.3, -0.25) is 9.59 Å². The SMILES string of the molecule is CCOC(=O)C1CCN(C(=O)CC(c2cccc(F)c2)c2cnc3cccc(C)n23)CC1. The van der Waals surface area contributed by atoms with E-state index in [1.165, 1.54) is 12.1 Å². The molecule has 1 unspecified atom stereocenters. The van der Waals surface area contributed by atoms with Crippen LogP contribution in [-0.2, 0) is 14.3 Å². The Hall–Kier alpha value is -3.22. The molecule has 1 atom stereocenters. The van der Waals surface area contributed by atoms with Crippen molar-refractivity contribution in [2.24, 2.45) is 5.92 Å². The van der Waals surface area contributed by atoms with Gasteiger partial charge in [0.1, 0.15) is 11.5 Å². The quantitative estimate of drug-likeness (QED) is 0.545. The van der Waals surface area contributed by atoms with E-state index in [2.05, 4.69) is 4.98 Å². The number of aromatic nitrogens is 2. The van der Waals surface area contributed by atoms with Crippen LogP contribution >= 0.6 is 0 Å². The van der Waals surface area contributed by atoms with E-state index in [4.69, 9.17) is 4.74 Å². The number of ether oxygens (including phenoxy) is 1. The van der Waals surface area contributed by atoms with Gasteiger partial charge in [-0.05, 0) is 56.5 Å². The number of piperidine rings is 1. The van der Waals surface area contributed by atoms with Gasteiger partial charge in [-0.25, -0.2) is 9.37 Å². The highest BCUT2D eigenvalue weighted by atomic mass is 19.1. The summed E-state index contributed by atoms with van der Waals surface area (Å²) >= 11 is 0. The Morgan fingerprint density at radius 3 is 2.66 bits per heavy atom. The lowest BCUT2D eigenvalue weighted by molar-refractivity contribution is -0.151. The number of benzene rings is 1. The zero-order valence-corrected chi connectivity index (χ0v) is 18.5. The maximum Gasteiger partial charge on any atom is 0.309 e. The standard InChI is InChI=1S/C25H28FN3O3/c1-3-32-25(31)18-10-12-28(13-11-18)24(30)15-21(19-7-5-8-20(26)14-19)22-16-27-23-9-4-6-17(2)29(22)23/h4-9,14,16,18,21H,3,10-13,15H2,1-2H3. The Balaban J connectivity index is 1.58. The predicted molar refractivity (Wildman–Crippen MR) is 119 cm³/mol. The largest absolute Gasteiger partial charge is 0.466 e. The van der Waals surface area contributed by atoms with Gasteiger partial charge in [0.15, 0.2) is 0 Å². The fourth-order valence-corrected chi connectivity index (χ4v) is 4.52. The number of carbonyl (C=O) groups is 2. The molecule has 0 saturated carbocycles. The lowest BCUT2D eigenvalue weighted by Gasteiger charge is -2.32. The molecule has 0 bridgehead atoms. The number of nitrogens with zero attached hydrogens (tertiary/aromatic N) is 3. The lowest BCUT2D eigenvalue weighted by atomic mass is 9.90. The summed E-state index contributed by atoms with van der Waals surface area (Å²) in [5, 5.41) is 0. The number of amides is 1. The van der Waals surface area contributed by atoms with Crippen LogP contribution < -0.4 is 0 Å². The maximum atomic E-state index is 14.1. The number of halogens is 1. The van der Waals surface area contributed by atoms with Gasteiger partial charge in [0, 0.05) is 37.3 Å². The van der Waals surface area contributed by atoms with Crippen LogP contribution in [0.15, 0.2) is 48.7 Å². The zero-order valence-electron chi connectivity index (χ0n) is 18.5. The van der Waals surface area contributed by atoms with E-state index in [0.717, 1.165) is 22.6 Å². The van der Waals surface area contributed by atoms with Gasteiger partial charge < -0.3 is 14.0 Å². The van der Waals surface area contributed by atoms with Crippen molar-refractivity contribution in [2.75, 3.05) is 19.7 Å². The van der Waals surface area contributed by atoms with E-state index in [9.17, 15) is 14.0 Å². The van der Waals surface area contributed by atoms with E-state index >= 15 is 0 Å². The van der Waals surface area contributed by atoms with E-state index in [0.29, 0.717) is 32.5 Å². The van der Waals surface area contributed by atoms with E-state index in [1.807, 2.05) is 35.6 Å². The first-order valence-corrected chi connectivity index (χ1v) is 11.1. The molecule has 4 rings (SSSR count). The monoisotopic (exact) mass is 437 g/mol. The van der Waals surface area contributed by atoms with Crippen molar-refractivity contribution in [3.05, 3.63) is 71.4 Å². The Kier molecular flexibility index (Phi) is 6.53. The predicted octanol–water partition coefficient (Wildman–Crippen LogP) is 4.11. The summed E-state index contributed by atoms with van der Waals surface area (Å²) in [4.78, 5) is 31.6. The number of hydrogen-bond acceptors (Lipinski definition) is 4. The molecule has 0 aliphatic carbocycles. The molecule has 1 aromatic carbocycles. The molecule has 2 aromatic heterocycles. The highest BCUT2D eigenvalue weighted by Gasteiger charge is 2.30. The van der Waals surface area contributed by atoms with E-state index in [-0.39, 0.29) is 36.0 Å². The molecule has 0 radical (unpaired) electrons. The summed E-state index contributed by atoms with van der Waals surface area (Å²) < 4.78 is 21.2. The molecule has 0 N–H and O–H groups in total. The van der Waals surface area contributed by atoms with Gasteiger partial charge in [0.2, 0.25) is 5.91 Å². The number of imidazole rings is 1. The van der Waals surface area contributed by atoms with Gasteiger partial charge in [0.25, 0.3) is 0 Å². The first kappa shape index (κ1) is 22.0. The third kappa shape index (κ3) is 4.52. The molecule has 6 nitrogen and oxygen atoms in total. The summed E-state index contributed by atoms with van der Waals surface area (Å²) in [6.45, 7) is 5.19. The number of esters is 1. The fourth-order valence-electron chi connectivity index (χ4n) is 4.52. The lowest BCUT2D eigenvalue weighted by Crippen LogP contribution is -2.41. The fraction of sp³-hybridized carbons (Fsp3) is 0.400. The molecule has 32 heavy (non-hydrogen) atoms. The zero-order chi connectivity index (χ0) is 22.7. The normalized spacial score (nSPS) is 15.7. The molecule has 1 saturated heterocycles. The first-order chi connectivity index (χ1) is 15.5. The molecule has 1 aliphatic rings. The number of rotatable bonds is 6. The topological polar surface area (TPSA) is 63.9 Å². The first-order valence-electron chi connectivity index (χ1n) is 11.1. The van der Waals surface area contributed by atoms with Crippen LogP contribution in [0.1, 0.15) is 49.1 Å². The second-order valence-electron chi connectivity index (χ2n) is 8.26. The van der Waals surface area contributed by atoms with Crippen molar-refractivity contribution >= 4 is 17.5 Å². The van der Waals surface area contributed by atoms with Crippen LogP contribution in [0.4, 0.5) is 4.39 Å². The molecule has 3 aromatic rings. The smallest absolute Gasteiger partial charge is 0.309 e. The van der Waals surface area contributed by atoms with Crippen molar-refractivity contribution < 1.29 is 18.7 Å². The van der Waals surface area contributed by atoms with Crippen LogP contribution in [-0.4, -0.2) is 45.9 Å². The Labute approximate surface area is 187 Å². The van der Waals surface area contributed by atoms with Gasteiger partial charge in [-0.1, -0.05) is 18.2 Å². The summed E-state index contributed by atoms with van der Waals surface area (Å²) in [6, 6.07) is 12.3. The highest BCUT2D eigenvalue weighted by molar-refractivity contribution is 5.78. The summed E-state index contributed by atoms with van der Waals surface area (Å²) in [5.74, 6) is -1.01. The summed E-state index contributed by atoms with van der Waals surface area (Å²) in [7, 11) is 0. The Bertz CT molecular complexity index is 1120. The van der Waals surface area contributed by atoms with Crippen molar-refractivity contribution in [3.63, 3.8) is 0 Å². The second-order valence-corrected chi connectivity index (χ2v) is 8.26. The molecule has 1 fully saturated rings. The maximum absolute atomic E-state index is 14.1. The number of aryl methyl sites for hydroxylation is 1. The molecule has 0 spiro atoms. The van der Waals surface area contributed by atoms with Gasteiger partial charge in [-0.2, -0.15) is 0 Å². The Morgan fingerprint density at radius 2 is 1.94 bits per heavy atom. The number of pyridine rings is 1. The summed E-state index contributed by atoms with van der Waals surface area (Å²) in [5.41, 5.74) is 3.39. The van der Waals surface area contributed by atoms with Crippen LogP contribution in [0.5, 0.6) is 0 Å². The Morgan fingerprint density at radius 1 is 1.19 bits per heavy atom. The molecular formula is C25H28FN3O3. The van der Waals surface area contributed by atoms with Crippen molar-refractivity contribution in [1.29, 1.82) is 0 Å². The minimum Gasteiger partial charge on any atom is -0.466 e. The molecular weight excluding hydrogens is 409 g/mol. The average Bonchev–Trinajstić information content (AvgIpc) is 3.23. The second kappa shape index (κ2) is 9.51. The van der Waals surface area contributed by atoms with Gasteiger partial charge in [0.05, 0.1) is 18.2 Å². The van der Waals surface area contributed by atoms with Crippen molar-refractivity contribution in [1.82, 2.24) is 14.3 Å². The minimum atomic E-state index is -0.336. The number of fused-ring (bicyclic) bond motifs is 1. The number of carbonyl (C=O) groups excluding carboxylic acids is 2.